The summed E-state index contributed by atoms with van der Waals surface area (Å²) in [4.78, 5) is 24.9. The molecule has 0 bridgehead atoms. The van der Waals surface area contributed by atoms with Crippen molar-refractivity contribution in [1.82, 2.24) is 9.21 Å². The molecule has 1 fully saturated rings. The van der Waals surface area contributed by atoms with Crippen LogP contribution in [0, 0.1) is 5.92 Å². The summed E-state index contributed by atoms with van der Waals surface area (Å²) >= 11 is 0. The monoisotopic (exact) mass is 382 g/mol. The number of hydrogen-bond acceptors (Lipinski definition) is 4. The van der Waals surface area contributed by atoms with Crippen LogP contribution < -0.4 is 0 Å². The number of carbonyl (C=O) groups is 2. The molecule has 1 aliphatic heterocycles. The van der Waals surface area contributed by atoms with E-state index in [2.05, 4.69) is 0 Å². The molecule has 1 heterocycles. The number of rotatable bonds is 6. The van der Waals surface area contributed by atoms with Crippen molar-refractivity contribution < 1.29 is 23.1 Å². The topological polar surface area (TPSA) is 95.0 Å². The number of carbonyl (C=O) groups excluding carboxylic acids is 1. The molecule has 7 nitrogen and oxygen atoms in total. The molecular formula is C18H26N2O5S. The van der Waals surface area contributed by atoms with Crippen LogP contribution in [0.3, 0.4) is 0 Å². The Balaban J connectivity index is 2.21. The van der Waals surface area contributed by atoms with Gasteiger partial charge in [-0.1, -0.05) is 25.8 Å². The highest BCUT2D eigenvalue weighted by atomic mass is 32.2. The van der Waals surface area contributed by atoms with Crippen LogP contribution in [0.1, 0.15) is 43.0 Å². The average Bonchev–Trinajstić information content (AvgIpc) is 2.91. The maximum atomic E-state index is 12.9. The van der Waals surface area contributed by atoms with Crippen LogP contribution in [-0.4, -0.2) is 61.3 Å². The summed E-state index contributed by atoms with van der Waals surface area (Å²) in [7, 11) is -2.12. The number of benzene rings is 1. The van der Waals surface area contributed by atoms with Gasteiger partial charge >= 0.3 is 5.97 Å². The Morgan fingerprint density at radius 3 is 2.38 bits per heavy atom. The zero-order valence-electron chi connectivity index (χ0n) is 15.2. The molecule has 26 heavy (non-hydrogen) atoms. The van der Waals surface area contributed by atoms with Crippen molar-refractivity contribution in [2.45, 2.75) is 37.5 Å². The van der Waals surface area contributed by atoms with Crippen LogP contribution in [-0.2, 0) is 14.8 Å². The molecule has 1 unspecified atom stereocenters. The maximum absolute atomic E-state index is 12.9. The van der Waals surface area contributed by atoms with Gasteiger partial charge in [-0.15, -0.1) is 0 Å². The van der Waals surface area contributed by atoms with E-state index in [1.807, 2.05) is 0 Å². The molecule has 0 radical (unpaired) electrons. The van der Waals surface area contributed by atoms with Gasteiger partial charge in [0.25, 0.3) is 5.91 Å². The first-order valence-electron chi connectivity index (χ1n) is 8.82. The number of aliphatic carboxylic acids is 1. The fraction of sp³-hybridized carbons (Fsp3) is 0.556. The van der Waals surface area contributed by atoms with Gasteiger partial charge in [-0.05, 0) is 31.0 Å². The Morgan fingerprint density at radius 2 is 1.81 bits per heavy atom. The minimum atomic E-state index is -3.64. The second-order valence-corrected chi connectivity index (χ2v) is 8.71. The smallest absolute Gasteiger partial charge is 0.308 e. The lowest BCUT2D eigenvalue weighted by Crippen LogP contribution is -2.34. The summed E-state index contributed by atoms with van der Waals surface area (Å²) in [6, 6.07) is 5.97. The molecule has 1 aliphatic rings. The first-order chi connectivity index (χ1) is 12.2. The summed E-state index contributed by atoms with van der Waals surface area (Å²) in [5, 5.41) is 8.98. The van der Waals surface area contributed by atoms with Crippen LogP contribution in [0.2, 0.25) is 0 Å². The maximum Gasteiger partial charge on any atom is 0.308 e. The first-order valence-corrected chi connectivity index (χ1v) is 10.3. The highest BCUT2D eigenvalue weighted by molar-refractivity contribution is 7.89. The number of hydrogen-bond donors (Lipinski definition) is 1. The molecule has 1 aromatic carbocycles. The van der Waals surface area contributed by atoms with Crippen molar-refractivity contribution in [3.05, 3.63) is 29.8 Å². The normalized spacial score (nSPS) is 17.3. The van der Waals surface area contributed by atoms with E-state index < -0.39 is 27.8 Å². The zero-order chi connectivity index (χ0) is 19.3. The summed E-state index contributed by atoms with van der Waals surface area (Å²) in [6.07, 6.45) is 3.73. The summed E-state index contributed by atoms with van der Waals surface area (Å²) < 4.78 is 27.2. The Morgan fingerprint density at radius 1 is 1.19 bits per heavy atom. The number of sulfonamides is 1. The molecule has 1 amide bonds. The van der Waals surface area contributed by atoms with Crippen molar-refractivity contribution >= 4 is 21.9 Å². The fourth-order valence-corrected chi connectivity index (χ4v) is 4.58. The molecule has 1 saturated heterocycles. The predicted octanol–water partition coefficient (Wildman–Crippen LogP) is 2.04. The highest BCUT2D eigenvalue weighted by Crippen LogP contribution is 2.21. The molecule has 2 rings (SSSR count). The lowest BCUT2D eigenvalue weighted by Gasteiger charge is -2.22. The predicted molar refractivity (Wildman–Crippen MR) is 97.4 cm³/mol. The van der Waals surface area contributed by atoms with Gasteiger partial charge < -0.3 is 10.0 Å². The lowest BCUT2D eigenvalue weighted by atomic mass is 10.1. The third kappa shape index (κ3) is 4.82. The quantitative estimate of drug-likeness (QED) is 0.812. The highest BCUT2D eigenvalue weighted by Gasteiger charge is 2.26. The van der Waals surface area contributed by atoms with Gasteiger partial charge in [-0.2, -0.15) is 4.31 Å². The molecule has 0 aliphatic carbocycles. The Kier molecular flexibility index (Phi) is 6.77. The van der Waals surface area contributed by atoms with E-state index in [1.165, 1.54) is 35.3 Å². The first kappa shape index (κ1) is 20.4. The Bertz CT molecular complexity index is 755. The van der Waals surface area contributed by atoms with Crippen molar-refractivity contribution in [2.24, 2.45) is 5.92 Å². The van der Waals surface area contributed by atoms with Gasteiger partial charge in [0.1, 0.15) is 0 Å². The Labute approximate surface area is 154 Å². The van der Waals surface area contributed by atoms with E-state index >= 15 is 0 Å². The van der Waals surface area contributed by atoms with Crippen molar-refractivity contribution in [1.29, 1.82) is 0 Å². The minimum Gasteiger partial charge on any atom is -0.481 e. The van der Waals surface area contributed by atoms with E-state index in [9.17, 15) is 18.0 Å². The van der Waals surface area contributed by atoms with E-state index in [-0.39, 0.29) is 17.0 Å². The van der Waals surface area contributed by atoms with Gasteiger partial charge in [0.15, 0.2) is 0 Å². The van der Waals surface area contributed by atoms with E-state index in [4.69, 9.17) is 5.11 Å². The SMILES string of the molecule is CC(CN(C)C(=O)c1cccc(S(=O)(=O)N2CCCCCC2)c1)C(=O)O. The Hall–Kier alpha value is -1.93. The van der Waals surface area contributed by atoms with Crippen LogP contribution >= 0.6 is 0 Å². The van der Waals surface area contributed by atoms with Crippen molar-refractivity contribution in [2.75, 3.05) is 26.7 Å². The van der Waals surface area contributed by atoms with E-state index in [0.717, 1.165) is 25.7 Å². The van der Waals surface area contributed by atoms with Crippen LogP contribution in [0.4, 0.5) is 0 Å². The summed E-state index contributed by atoms with van der Waals surface area (Å²) in [5.41, 5.74) is 0.237. The molecule has 1 N–H and O–H groups in total. The minimum absolute atomic E-state index is 0.0528. The van der Waals surface area contributed by atoms with E-state index in [0.29, 0.717) is 13.1 Å². The molecule has 8 heteroatoms. The fourth-order valence-electron chi connectivity index (χ4n) is 3.01. The number of carboxylic acid groups (broad SMARTS) is 1. The molecule has 0 saturated carbocycles. The standard InChI is InChI=1S/C18H26N2O5S/c1-14(18(22)23)13-19(2)17(21)15-8-7-9-16(12-15)26(24,25)20-10-5-3-4-6-11-20/h7-9,12,14H,3-6,10-11,13H2,1-2H3,(H,22,23). The molecule has 1 atom stereocenters. The zero-order valence-corrected chi connectivity index (χ0v) is 16.0. The number of nitrogens with zero attached hydrogens (tertiary/aromatic N) is 2. The van der Waals surface area contributed by atoms with Gasteiger partial charge in [-0.25, -0.2) is 8.42 Å². The third-order valence-electron chi connectivity index (χ3n) is 4.60. The van der Waals surface area contributed by atoms with Crippen molar-refractivity contribution in [3.63, 3.8) is 0 Å². The second-order valence-electron chi connectivity index (χ2n) is 6.77. The van der Waals surface area contributed by atoms with Gasteiger partial charge in [0, 0.05) is 32.2 Å². The molecule has 1 aromatic rings. The van der Waals surface area contributed by atoms with Crippen LogP contribution in [0.15, 0.2) is 29.2 Å². The van der Waals surface area contributed by atoms with Crippen LogP contribution in [0.25, 0.3) is 0 Å². The van der Waals surface area contributed by atoms with Crippen molar-refractivity contribution in [3.8, 4) is 0 Å². The average molecular weight is 382 g/mol. The van der Waals surface area contributed by atoms with Crippen LogP contribution in [0.5, 0.6) is 0 Å². The molecule has 0 spiro atoms. The molecular weight excluding hydrogens is 356 g/mol. The molecule has 144 valence electrons. The van der Waals surface area contributed by atoms with Gasteiger partial charge in [0.05, 0.1) is 10.8 Å². The largest absolute Gasteiger partial charge is 0.481 e. The van der Waals surface area contributed by atoms with E-state index in [1.54, 1.807) is 12.1 Å². The number of amides is 1. The van der Waals surface area contributed by atoms with Gasteiger partial charge in [0.2, 0.25) is 10.0 Å². The molecule has 0 aromatic heterocycles. The second kappa shape index (κ2) is 8.64. The third-order valence-corrected chi connectivity index (χ3v) is 6.49. The lowest BCUT2D eigenvalue weighted by molar-refractivity contribution is -0.141. The summed E-state index contributed by atoms with van der Waals surface area (Å²) in [6.45, 7) is 2.57. The number of carboxylic acids is 1. The van der Waals surface area contributed by atoms with Gasteiger partial charge in [-0.3, -0.25) is 9.59 Å². The summed E-state index contributed by atoms with van der Waals surface area (Å²) in [5.74, 6) is -2.08.